The number of nitrogens with two attached hydrogens (primary N) is 1. The van der Waals surface area contributed by atoms with E-state index >= 15 is 0 Å². The third kappa shape index (κ3) is 3.32. The quantitative estimate of drug-likeness (QED) is 0.889. The smallest absolute Gasteiger partial charge is 0.257 e. The molecule has 24 heavy (non-hydrogen) atoms. The summed E-state index contributed by atoms with van der Waals surface area (Å²) in [6.45, 7) is 4.90. The fraction of sp³-hybridized carbons (Fsp3) is 0.471. The van der Waals surface area contributed by atoms with E-state index in [1.165, 1.54) is 0 Å². The Morgan fingerprint density at radius 1 is 1.38 bits per heavy atom. The molecule has 1 aromatic heterocycles. The molecule has 1 fully saturated rings. The number of amides is 1. The number of nitrogens with one attached hydrogen (secondary N) is 1. The van der Waals surface area contributed by atoms with Gasteiger partial charge in [0, 0.05) is 30.9 Å². The zero-order chi connectivity index (χ0) is 17.2. The van der Waals surface area contributed by atoms with E-state index in [0.29, 0.717) is 49.9 Å². The summed E-state index contributed by atoms with van der Waals surface area (Å²) in [6.07, 6.45) is 1.74. The van der Waals surface area contributed by atoms with Crippen molar-refractivity contribution in [2.24, 2.45) is 5.73 Å². The van der Waals surface area contributed by atoms with Gasteiger partial charge in [0.1, 0.15) is 5.54 Å². The molecule has 1 aliphatic rings. The van der Waals surface area contributed by atoms with Crippen molar-refractivity contribution >= 4 is 11.6 Å². The molecule has 1 aromatic carbocycles. The Hall–Kier alpha value is -2.25. The molecule has 0 saturated carbocycles. The number of benzene rings is 1. The Bertz CT molecular complexity index is 735. The Labute approximate surface area is 140 Å². The Morgan fingerprint density at radius 3 is 2.79 bits per heavy atom. The van der Waals surface area contributed by atoms with Crippen LogP contribution in [0.3, 0.4) is 0 Å². The third-order valence-corrected chi connectivity index (χ3v) is 4.35. The topological polar surface area (TPSA) is 103 Å². The van der Waals surface area contributed by atoms with Crippen molar-refractivity contribution < 1.29 is 14.1 Å². The molecule has 0 radical (unpaired) electrons. The first-order valence-corrected chi connectivity index (χ1v) is 8.13. The number of nitrogens with zero attached hydrogens (tertiary/aromatic N) is 2. The number of aromatic nitrogens is 2. The van der Waals surface area contributed by atoms with E-state index in [0.717, 1.165) is 11.1 Å². The van der Waals surface area contributed by atoms with Crippen LogP contribution in [0.25, 0.3) is 11.5 Å². The monoisotopic (exact) mass is 330 g/mol. The second-order valence-corrected chi connectivity index (χ2v) is 6.12. The summed E-state index contributed by atoms with van der Waals surface area (Å²) < 4.78 is 10.6. The first kappa shape index (κ1) is 16.6. The predicted molar refractivity (Wildman–Crippen MR) is 89.5 cm³/mol. The Kier molecular flexibility index (Phi) is 4.64. The van der Waals surface area contributed by atoms with Crippen molar-refractivity contribution in [1.82, 2.24) is 10.1 Å². The lowest BCUT2D eigenvalue weighted by Gasteiger charge is -2.32. The average Bonchev–Trinajstić information content (AvgIpc) is 3.06. The van der Waals surface area contributed by atoms with Crippen LogP contribution in [0.1, 0.15) is 31.2 Å². The van der Waals surface area contributed by atoms with Crippen molar-refractivity contribution in [3.63, 3.8) is 0 Å². The van der Waals surface area contributed by atoms with Crippen LogP contribution in [-0.4, -0.2) is 34.8 Å². The molecule has 2 aromatic rings. The Balaban J connectivity index is 1.82. The van der Waals surface area contributed by atoms with Gasteiger partial charge in [-0.25, -0.2) is 0 Å². The summed E-state index contributed by atoms with van der Waals surface area (Å²) in [7, 11) is 0. The molecule has 2 heterocycles. The number of carbonyl (C=O) groups is 1. The molecule has 1 aliphatic heterocycles. The highest BCUT2D eigenvalue weighted by Gasteiger charge is 2.36. The molecule has 7 heteroatoms. The van der Waals surface area contributed by atoms with E-state index in [1.54, 1.807) is 0 Å². The van der Waals surface area contributed by atoms with Gasteiger partial charge < -0.3 is 20.3 Å². The molecule has 7 nitrogen and oxygen atoms in total. The second-order valence-electron chi connectivity index (χ2n) is 6.12. The summed E-state index contributed by atoms with van der Waals surface area (Å²) in [4.78, 5) is 16.9. The predicted octanol–water partition coefficient (Wildman–Crippen LogP) is 2.05. The largest absolute Gasteiger partial charge is 0.381 e. The summed E-state index contributed by atoms with van der Waals surface area (Å²) >= 11 is 0. The van der Waals surface area contributed by atoms with Crippen LogP contribution >= 0.6 is 0 Å². The minimum absolute atomic E-state index is 0.189. The first-order chi connectivity index (χ1) is 11.5. The van der Waals surface area contributed by atoms with E-state index in [4.69, 9.17) is 15.0 Å². The zero-order valence-electron chi connectivity index (χ0n) is 14.0. The van der Waals surface area contributed by atoms with Gasteiger partial charge >= 0.3 is 0 Å². The second kappa shape index (κ2) is 6.70. The van der Waals surface area contributed by atoms with Crippen molar-refractivity contribution in [3.8, 4) is 11.5 Å². The Morgan fingerprint density at radius 2 is 2.12 bits per heavy atom. The van der Waals surface area contributed by atoms with Crippen LogP contribution in [-0.2, 0) is 16.0 Å². The van der Waals surface area contributed by atoms with Gasteiger partial charge in [0.25, 0.3) is 5.89 Å². The van der Waals surface area contributed by atoms with Crippen molar-refractivity contribution in [1.29, 1.82) is 0 Å². The first-order valence-electron chi connectivity index (χ1n) is 8.13. The van der Waals surface area contributed by atoms with Crippen LogP contribution in [0.4, 0.5) is 5.69 Å². The molecule has 0 atom stereocenters. The van der Waals surface area contributed by atoms with Crippen LogP contribution in [0.5, 0.6) is 0 Å². The number of hydrogen-bond donors (Lipinski definition) is 2. The molecule has 1 saturated heterocycles. The van der Waals surface area contributed by atoms with Gasteiger partial charge in [0.2, 0.25) is 5.91 Å². The highest BCUT2D eigenvalue weighted by molar-refractivity contribution is 5.99. The van der Waals surface area contributed by atoms with Gasteiger partial charge in [-0.15, -0.1) is 0 Å². The van der Waals surface area contributed by atoms with E-state index in [9.17, 15) is 4.79 Å². The van der Waals surface area contributed by atoms with Crippen LogP contribution in [0, 0.1) is 6.92 Å². The minimum atomic E-state index is -0.888. The van der Waals surface area contributed by atoms with Gasteiger partial charge in [-0.05, 0) is 37.5 Å². The molecule has 3 N–H and O–H groups in total. The van der Waals surface area contributed by atoms with Crippen molar-refractivity contribution in [2.45, 2.75) is 38.6 Å². The summed E-state index contributed by atoms with van der Waals surface area (Å²) in [5, 5.41) is 6.84. The number of ether oxygens (including phenoxy) is 1. The van der Waals surface area contributed by atoms with Gasteiger partial charge in [0.15, 0.2) is 5.82 Å². The van der Waals surface area contributed by atoms with Crippen LogP contribution in [0.2, 0.25) is 0 Å². The maximum Gasteiger partial charge on any atom is 0.257 e. The van der Waals surface area contributed by atoms with Gasteiger partial charge in [-0.3, -0.25) is 4.79 Å². The molecular weight excluding hydrogens is 308 g/mol. The van der Waals surface area contributed by atoms with Gasteiger partial charge in [0.05, 0.1) is 0 Å². The van der Waals surface area contributed by atoms with Gasteiger partial charge in [-0.1, -0.05) is 18.1 Å². The molecule has 1 amide bonds. The van der Waals surface area contributed by atoms with E-state index < -0.39 is 5.54 Å². The lowest BCUT2D eigenvalue weighted by molar-refractivity contribution is -0.124. The normalized spacial score (nSPS) is 16.8. The number of carbonyl (C=O) groups excluding carboxylic acids is 1. The maximum atomic E-state index is 12.6. The third-order valence-electron chi connectivity index (χ3n) is 4.35. The van der Waals surface area contributed by atoms with Crippen LogP contribution < -0.4 is 11.1 Å². The molecule has 0 unspecified atom stereocenters. The molecule has 0 spiro atoms. The van der Waals surface area contributed by atoms with Crippen molar-refractivity contribution in [2.75, 3.05) is 18.5 Å². The van der Waals surface area contributed by atoms with E-state index in [2.05, 4.69) is 15.5 Å². The summed E-state index contributed by atoms with van der Waals surface area (Å²) in [5.74, 6) is 0.904. The molecule has 3 rings (SSSR count). The molecular formula is C17H22N4O3. The SMILES string of the molecule is CCc1noc(-c2ccc(C)c(NC(=O)C3(N)CCOCC3)c2)n1. The highest BCUT2D eigenvalue weighted by atomic mass is 16.5. The molecule has 0 aliphatic carbocycles. The number of rotatable bonds is 4. The lowest BCUT2D eigenvalue weighted by atomic mass is 9.90. The van der Waals surface area contributed by atoms with E-state index in [-0.39, 0.29) is 5.91 Å². The maximum absolute atomic E-state index is 12.6. The molecule has 128 valence electrons. The number of hydrogen-bond acceptors (Lipinski definition) is 6. The summed E-state index contributed by atoms with van der Waals surface area (Å²) in [6, 6.07) is 5.64. The van der Waals surface area contributed by atoms with Crippen LogP contribution in [0.15, 0.2) is 22.7 Å². The van der Waals surface area contributed by atoms with Gasteiger partial charge in [-0.2, -0.15) is 4.98 Å². The lowest BCUT2D eigenvalue weighted by Crippen LogP contribution is -2.54. The highest BCUT2D eigenvalue weighted by Crippen LogP contribution is 2.26. The van der Waals surface area contributed by atoms with E-state index in [1.807, 2.05) is 32.0 Å². The number of anilines is 1. The fourth-order valence-electron chi connectivity index (χ4n) is 2.61. The fourth-order valence-corrected chi connectivity index (χ4v) is 2.61. The molecule has 0 bridgehead atoms. The van der Waals surface area contributed by atoms with Crippen molar-refractivity contribution in [3.05, 3.63) is 29.6 Å². The standard InChI is InChI=1S/C17H22N4O3/c1-3-14-20-15(24-21-14)12-5-4-11(2)13(10-12)19-16(22)17(18)6-8-23-9-7-17/h4-5,10H,3,6-9,18H2,1-2H3,(H,19,22). The summed E-state index contributed by atoms with van der Waals surface area (Å²) in [5.41, 5.74) is 7.76. The minimum Gasteiger partial charge on any atom is -0.381 e. The number of aryl methyl sites for hydroxylation is 2. The average molecular weight is 330 g/mol. The zero-order valence-corrected chi connectivity index (χ0v) is 14.0.